The van der Waals surface area contributed by atoms with Crippen LogP contribution in [-0.2, 0) is 16.1 Å². The first-order valence-electron chi connectivity index (χ1n) is 9.70. The summed E-state index contributed by atoms with van der Waals surface area (Å²) in [5.74, 6) is 0.507. The molecule has 3 heterocycles. The Bertz CT molecular complexity index is 906. The van der Waals surface area contributed by atoms with Crippen LogP contribution in [0.2, 0.25) is 0 Å². The molecule has 5 nitrogen and oxygen atoms in total. The minimum atomic E-state index is -0.590. The average Bonchev–Trinajstić information content (AvgIpc) is 3.34. The topological polar surface area (TPSA) is 42.0 Å². The molecule has 2 aromatic rings. The van der Waals surface area contributed by atoms with Crippen molar-refractivity contribution < 1.29 is 18.7 Å². The molecule has 5 rings (SSSR count). The predicted molar refractivity (Wildman–Crippen MR) is 101 cm³/mol. The molecule has 28 heavy (non-hydrogen) atoms. The van der Waals surface area contributed by atoms with Crippen LogP contribution in [0.15, 0.2) is 48.5 Å². The maximum atomic E-state index is 14.3. The molecular formula is C22H23FN2O3. The van der Waals surface area contributed by atoms with Crippen LogP contribution in [0.25, 0.3) is 0 Å². The highest BCUT2D eigenvalue weighted by molar-refractivity contribution is 5.81. The van der Waals surface area contributed by atoms with E-state index in [0.29, 0.717) is 30.8 Å². The number of halogens is 1. The Morgan fingerprint density at radius 1 is 1.25 bits per heavy atom. The van der Waals surface area contributed by atoms with Gasteiger partial charge >= 0.3 is 0 Å². The summed E-state index contributed by atoms with van der Waals surface area (Å²) in [5.41, 5.74) is 1.09. The minimum absolute atomic E-state index is 0.0562. The van der Waals surface area contributed by atoms with Crippen molar-refractivity contribution in [2.75, 3.05) is 20.2 Å². The van der Waals surface area contributed by atoms with Crippen molar-refractivity contribution in [3.8, 4) is 5.75 Å². The largest absolute Gasteiger partial charge is 0.497 e. The number of carbonyl (C=O) groups is 1. The van der Waals surface area contributed by atoms with Crippen LogP contribution in [0.3, 0.4) is 0 Å². The quantitative estimate of drug-likeness (QED) is 0.815. The average molecular weight is 382 g/mol. The van der Waals surface area contributed by atoms with Gasteiger partial charge in [0.1, 0.15) is 17.7 Å². The molecule has 1 amide bonds. The van der Waals surface area contributed by atoms with Gasteiger partial charge in [0.2, 0.25) is 5.91 Å². The summed E-state index contributed by atoms with van der Waals surface area (Å²) in [6.45, 7) is 1.79. The summed E-state index contributed by atoms with van der Waals surface area (Å²) in [7, 11) is 1.57. The lowest BCUT2D eigenvalue weighted by atomic mass is 10.1. The Morgan fingerprint density at radius 2 is 2.07 bits per heavy atom. The molecule has 2 aromatic carbocycles. The third-order valence-electron chi connectivity index (χ3n) is 6.34. The Hall–Kier alpha value is -2.44. The van der Waals surface area contributed by atoms with Gasteiger partial charge in [-0.3, -0.25) is 9.69 Å². The molecule has 3 fully saturated rings. The Kier molecular flexibility index (Phi) is 4.14. The Balaban J connectivity index is 1.40. The zero-order valence-electron chi connectivity index (χ0n) is 15.8. The van der Waals surface area contributed by atoms with E-state index in [1.807, 2.05) is 35.2 Å². The molecule has 3 aliphatic rings. The Labute approximate surface area is 163 Å². The molecule has 6 heteroatoms. The molecule has 3 atom stereocenters. The standard InChI is InChI=1S/C22H23FN2O3/c1-27-17-7-8-18(23)16(11-17)13-24-10-9-22-20(24)12-21(26)25(22)14-19(28-22)15-5-3-2-4-6-15/h2-8,11,19-20H,9-10,12-14H2,1H3/t19-,20-,22+/m1/s1. The van der Waals surface area contributed by atoms with Crippen molar-refractivity contribution in [3.63, 3.8) is 0 Å². The molecule has 0 bridgehead atoms. The van der Waals surface area contributed by atoms with Crippen molar-refractivity contribution >= 4 is 5.91 Å². The van der Waals surface area contributed by atoms with E-state index in [1.54, 1.807) is 19.2 Å². The van der Waals surface area contributed by atoms with Crippen LogP contribution in [-0.4, -0.2) is 47.7 Å². The van der Waals surface area contributed by atoms with Crippen LogP contribution in [0.4, 0.5) is 4.39 Å². The number of hydrogen-bond acceptors (Lipinski definition) is 4. The number of likely N-dealkylation sites (tertiary alicyclic amines) is 1. The van der Waals surface area contributed by atoms with Gasteiger partial charge in [-0.25, -0.2) is 4.39 Å². The van der Waals surface area contributed by atoms with Crippen LogP contribution in [0.1, 0.15) is 30.1 Å². The van der Waals surface area contributed by atoms with Gasteiger partial charge in [-0.15, -0.1) is 0 Å². The third-order valence-corrected chi connectivity index (χ3v) is 6.34. The maximum absolute atomic E-state index is 14.3. The fourth-order valence-electron chi connectivity index (χ4n) is 4.96. The molecule has 0 aliphatic carbocycles. The highest BCUT2D eigenvalue weighted by Gasteiger charge is 2.63. The zero-order valence-corrected chi connectivity index (χ0v) is 15.8. The minimum Gasteiger partial charge on any atom is -0.497 e. The van der Waals surface area contributed by atoms with E-state index in [4.69, 9.17) is 9.47 Å². The fraction of sp³-hybridized carbons (Fsp3) is 0.409. The second-order valence-electron chi connectivity index (χ2n) is 7.76. The van der Waals surface area contributed by atoms with Gasteiger partial charge in [0.15, 0.2) is 5.72 Å². The summed E-state index contributed by atoms with van der Waals surface area (Å²) in [5, 5.41) is 0. The zero-order chi connectivity index (χ0) is 19.3. The van der Waals surface area contributed by atoms with E-state index in [0.717, 1.165) is 18.5 Å². The lowest BCUT2D eigenvalue weighted by Gasteiger charge is -2.32. The summed E-state index contributed by atoms with van der Waals surface area (Å²) in [6, 6.07) is 14.8. The van der Waals surface area contributed by atoms with Crippen molar-refractivity contribution in [2.45, 2.75) is 37.3 Å². The summed E-state index contributed by atoms with van der Waals surface area (Å²) >= 11 is 0. The predicted octanol–water partition coefficient (Wildman–Crippen LogP) is 3.11. The van der Waals surface area contributed by atoms with Gasteiger partial charge in [-0.05, 0) is 23.8 Å². The smallest absolute Gasteiger partial charge is 0.226 e. The molecule has 146 valence electrons. The molecule has 0 N–H and O–H groups in total. The maximum Gasteiger partial charge on any atom is 0.226 e. The van der Waals surface area contributed by atoms with Gasteiger partial charge in [0.25, 0.3) is 0 Å². The van der Waals surface area contributed by atoms with Gasteiger partial charge < -0.3 is 14.4 Å². The summed E-state index contributed by atoms with van der Waals surface area (Å²) in [6.07, 6.45) is 1.06. The number of rotatable bonds is 4. The van der Waals surface area contributed by atoms with Crippen LogP contribution >= 0.6 is 0 Å². The monoisotopic (exact) mass is 382 g/mol. The molecular weight excluding hydrogens is 359 g/mol. The lowest BCUT2D eigenvalue weighted by molar-refractivity contribution is -0.138. The van der Waals surface area contributed by atoms with E-state index in [9.17, 15) is 9.18 Å². The van der Waals surface area contributed by atoms with E-state index in [-0.39, 0.29) is 23.9 Å². The highest BCUT2D eigenvalue weighted by Crippen LogP contribution is 2.50. The normalized spacial score (nSPS) is 29.2. The van der Waals surface area contributed by atoms with E-state index in [1.165, 1.54) is 6.07 Å². The van der Waals surface area contributed by atoms with Crippen LogP contribution < -0.4 is 4.74 Å². The van der Waals surface area contributed by atoms with Gasteiger partial charge in [-0.2, -0.15) is 0 Å². The number of methoxy groups -OCH3 is 1. The van der Waals surface area contributed by atoms with Crippen molar-refractivity contribution in [2.24, 2.45) is 0 Å². The lowest BCUT2D eigenvalue weighted by Crippen LogP contribution is -2.47. The number of ether oxygens (including phenoxy) is 2. The number of hydrogen-bond donors (Lipinski definition) is 0. The second kappa shape index (κ2) is 6.57. The number of nitrogens with zero attached hydrogens (tertiary/aromatic N) is 2. The second-order valence-corrected chi connectivity index (χ2v) is 7.76. The number of amides is 1. The third kappa shape index (κ3) is 2.63. The van der Waals surface area contributed by atoms with Gasteiger partial charge in [0.05, 0.1) is 19.7 Å². The van der Waals surface area contributed by atoms with Gasteiger partial charge in [0, 0.05) is 31.5 Å². The first-order valence-corrected chi connectivity index (χ1v) is 9.70. The molecule has 3 saturated heterocycles. The molecule has 1 spiro atoms. The van der Waals surface area contributed by atoms with E-state index >= 15 is 0 Å². The SMILES string of the molecule is COc1ccc(F)c(CN2CC[C@@]34O[C@@H](c5ccccc5)CN3C(=O)C[C@@H]24)c1. The Morgan fingerprint density at radius 3 is 2.86 bits per heavy atom. The van der Waals surface area contributed by atoms with Crippen LogP contribution in [0.5, 0.6) is 5.75 Å². The molecule has 0 radical (unpaired) electrons. The summed E-state index contributed by atoms with van der Waals surface area (Å²) in [4.78, 5) is 16.8. The van der Waals surface area contributed by atoms with Crippen LogP contribution in [0, 0.1) is 5.82 Å². The van der Waals surface area contributed by atoms with Crippen molar-refractivity contribution in [3.05, 3.63) is 65.5 Å². The number of carbonyl (C=O) groups excluding carboxylic acids is 1. The molecule has 0 saturated carbocycles. The van der Waals surface area contributed by atoms with E-state index < -0.39 is 5.72 Å². The van der Waals surface area contributed by atoms with Crippen molar-refractivity contribution in [1.29, 1.82) is 0 Å². The summed E-state index contributed by atoms with van der Waals surface area (Å²) < 4.78 is 26.1. The first kappa shape index (κ1) is 17.6. The number of benzene rings is 2. The highest BCUT2D eigenvalue weighted by atomic mass is 19.1. The molecule has 0 unspecified atom stereocenters. The molecule has 3 aliphatic heterocycles. The molecule has 0 aromatic heterocycles. The fourth-order valence-corrected chi connectivity index (χ4v) is 4.96. The van der Waals surface area contributed by atoms with E-state index in [2.05, 4.69) is 4.90 Å². The van der Waals surface area contributed by atoms with Crippen molar-refractivity contribution in [1.82, 2.24) is 9.80 Å². The first-order chi connectivity index (χ1) is 13.6. The van der Waals surface area contributed by atoms with Gasteiger partial charge in [-0.1, -0.05) is 30.3 Å².